The minimum atomic E-state index is -1.83. The molecule has 184 valence electrons. The SMILES string of the molecule is C[C@H]1CC2C3CCC4=CC(=O)C=C[C@]4(C)C3C(=O)C[C@]2(C)[C@@]1(O)C(=O)COC(=O)CCC(=O)O. The van der Waals surface area contributed by atoms with E-state index in [4.69, 9.17) is 9.84 Å². The van der Waals surface area contributed by atoms with Gasteiger partial charge in [0, 0.05) is 23.2 Å². The number of carboxylic acid groups (broad SMARTS) is 1. The van der Waals surface area contributed by atoms with Crippen LogP contribution in [-0.4, -0.2) is 51.7 Å². The number of fused-ring (bicyclic) bond motifs is 5. The van der Waals surface area contributed by atoms with Crippen LogP contribution in [0.2, 0.25) is 0 Å². The average Bonchev–Trinajstić information content (AvgIpc) is 2.97. The van der Waals surface area contributed by atoms with Crippen molar-refractivity contribution in [1.29, 1.82) is 0 Å². The van der Waals surface area contributed by atoms with Crippen molar-refractivity contribution >= 4 is 29.3 Å². The van der Waals surface area contributed by atoms with Crippen LogP contribution >= 0.6 is 0 Å². The number of hydrogen-bond acceptors (Lipinski definition) is 7. The molecule has 0 aromatic heterocycles. The molecule has 34 heavy (non-hydrogen) atoms. The first kappa shape index (κ1) is 24.5. The molecule has 4 aliphatic rings. The maximum atomic E-state index is 13.6. The molecular formula is C26H32O8. The number of rotatable bonds is 6. The zero-order valence-electron chi connectivity index (χ0n) is 19.8. The first-order valence-corrected chi connectivity index (χ1v) is 11.9. The molecule has 0 aliphatic heterocycles. The van der Waals surface area contributed by atoms with Gasteiger partial charge >= 0.3 is 11.9 Å². The smallest absolute Gasteiger partial charge is 0.306 e. The van der Waals surface area contributed by atoms with Gasteiger partial charge in [0.15, 0.2) is 12.4 Å². The number of carboxylic acids is 1. The fourth-order valence-electron chi connectivity index (χ4n) is 7.50. The van der Waals surface area contributed by atoms with Crippen LogP contribution in [0.3, 0.4) is 0 Å². The summed E-state index contributed by atoms with van der Waals surface area (Å²) in [4.78, 5) is 61.3. The average molecular weight is 473 g/mol. The lowest BCUT2D eigenvalue weighted by Gasteiger charge is -2.56. The van der Waals surface area contributed by atoms with E-state index >= 15 is 0 Å². The van der Waals surface area contributed by atoms with E-state index in [9.17, 15) is 29.1 Å². The molecule has 0 amide bonds. The number of hydrogen-bond donors (Lipinski definition) is 2. The van der Waals surface area contributed by atoms with Crippen LogP contribution < -0.4 is 0 Å². The second-order valence-electron chi connectivity index (χ2n) is 10.9. The molecule has 0 spiro atoms. The normalized spacial score (nSPS) is 40.6. The molecule has 4 aliphatic carbocycles. The standard InChI is InChI=1S/C26H32O8/c1-14-10-18-17-5-4-15-11-16(27)8-9-24(15,2)23(17)19(28)12-25(18,3)26(14,33)20(29)13-34-22(32)7-6-21(30)31/h8-9,11,14,17-18,23,33H,4-7,10,12-13H2,1-3H3,(H,30,31)/t14-,17?,18?,23?,24-,25-,26-/m0/s1. The lowest BCUT2D eigenvalue weighted by atomic mass is 9.46. The summed E-state index contributed by atoms with van der Waals surface area (Å²) in [5.41, 5.74) is -2.39. The number of esters is 1. The molecule has 3 fully saturated rings. The molecule has 0 saturated heterocycles. The van der Waals surface area contributed by atoms with E-state index in [-0.39, 0.29) is 42.2 Å². The number of aliphatic carboxylic acids is 1. The van der Waals surface area contributed by atoms with E-state index in [1.807, 2.05) is 13.0 Å². The van der Waals surface area contributed by atoms with Crippen molar-refractivity contribution in [3.05, 3.63) is 23.8 Å². The van der Waals surface area contributed by atoms with Crippen LogP contribution in [-0.2, 0) is 28.7 Å². The second-order valence-corrected chi connectivity index (χ2v) is 10.9. The predicted molar refractivity (Wildman–Crippen MR) is 119 cm³/mol. The molecule has 0 heterocycles. The monoisotopic (exact) mass is 472 g/mol. The van der Waals surface area contributed by atoms with E-state index in [0.29, 0.717) is 19.3 Å². The number of ether oxygens (including phenoxy) is 1. The van der Waals surface area contributed by atoms with Gasteiger partial charge in [0.05, 0.1) is 12.8 Å². The summed E-state index contributed by atoms with van der Waals surface area (Å²) in [5, 5.41) is 20.5. The van der Waals surface area contributed by atoms with Gasteiger partial charge < -0.3 is 14.9 Å². The number of ketones is 3. The van der Waals surface area contributed by atoms with Crippen LogP contribution in [0.15, 0.2) is 23.8 Å². The molecular weight excluding hydrogens is 440 g/mol. The fourth-order valence-corrected chi connectivity index (χ4v) is 7.50. The minimum absolute atomic E-state index is 0.0189. The highest BCUT2D eigenvalue weighted by Crippen LogP contribution is 2.67. The third-order valence-corrected chi connectivity index (χ3v) is 9.17. The predicted octanol–water partition coefficient (Wildman–Crippen LogP) is 2.43. The zero-order chi connectivity index (χ0) is 25.1. The van der Waals surface area contributed by atoms with Crippen molar-refractivity contribution < 1.29 is 38.9 Å². The molecule has 3 unspecified atom stereocenters. The Bertz CT molecular complexity index is 1020. The third-order valence-electron chi connectivity index (χ3n) is 9.17. The van der Waals surface area contributed by atoms with Gasteiger partial charge in [-0.25, -0.2) is 0 Å². The summed E-state index contributed by atoms with van der Waals surface area (Å²) in [6.07, 6.45) is 6.27. The third kappa shape index (κ3) is 3.49. The largest absolute Gasteiger partial charge is 0.481 e. The number of Topliss-reactive ketones (excluding diaryl/α,β-unsaturated/α-hetero) is 2. The summed E-state index contributed by atoms with van der Waals surface area (Å²) < 4.78 is 4.99. The highest BCUT2D eigenvalue weighted by atomic mass is 16.5. The molecule has 7 atom stereocenters. The fraction of sp³-hybridized carbons (Fsp3) is 0.654. The first-order valence-electron chi connectivity index (χ1n) is 11.9. The van der Waals surface area contributed by atoms with Gasteiger partial charge in [-0.2, -0.15) is 0 Å². The van der Waals surface area contributed by atoms with Crippen molar-refractivity contribution in [2.24, 2.45) is 34.5 Å². The van der Waals surface area contributed by atoms with Gasteiger partial charge in [-0.15, -0.1) is 0 Å². The first-order chi connectivity index (χ1) is 15.8. The Morgan fingerprint density at radius 2 is 1.88 bits per heavy atom. The molecule has 3 saturated carbocycles. The van der Waals surface area contributed by atoms with Crippen molar-refractivity contribution in [2.75, 3.05) is 6.61 Å². The van der Waals surface area contributed by atoms with Gasteiger partial charge in [0.25, 0.3) is 0 Å². The Kier molecular flexibility index (Phi) is 5.95. The quantitative estimate of drug-likeness (QED) is 0.563. The number of allylic oxidation sites excluding steroid dienone is 4. The van der Waals surface area contributed by atoms with Crippen LogP contribution in [0, 0.1) is 34.5 Å². The minimum Gasteiger partial charge on any atom is -0.481 e. The number of carbonyl (C=O) groups excluding carboxylic acids is 4. The summed E-state index contributed by atoms with van der Waals surface area (Å²) in [5.74, 6) is -3.55. The molecule has 8 heteroatoms. The van der Waals surface area contributed by atoms with Gasteiger partial charge in [-0.3, -0.25) is 24.0 Å². The highest BCUT2D eigenvalue weighted by Gasteiger charge is 2.70. The molecule has 8 nitrogen and oxygen atoms in total. The molecule has 0 aromatic carbocycles. The Labute approximate surface area is 198 Å². The molecule has 0 radical (unpaired) electrons. The summed E-state index contributed by atoms with van der Waals surface area (Å²) in [6.45, 7) is 4.94. The van der Waals surface area contributed by atoms with E-state index in [2.05, 4.69) is 0 Å². The maximum Gasteiger partial charge on any atom is 0.306 e. The summed E-state index contributed by atoms with van der Waals surface area (Å²) in [7, 11) is 0. The number of carbonyl (C=O) groups is 5. The Hall–Kier alpha value is -2.61. The summed E-state index contributed by atoms with van der Waals surface area (Å²) >= 11 is 0. The van der Waals surface area contributed by atoms with E-state index in [1.165, 1.54) is 6.08 Å². The van der Waals surface area contributed by atoms with Crippen molar-refractivity contribution in [3.63, 3.8) is 0 Å². The Morgan fingerprint density at radius 1 is 1.18 bits per heavy atom. The topological polar surface area (TPSA) is 135 Å². The van der Waals surface area contributed by atoms with Gasteiger partial charge in [0.2, 0.25) is 5.78 Å². The maximum absolute atomic E-state index is 13.6. The van der Waals surface area contributed by atoms with E-state index < -0.39 is 53.1 Å². The molecule has 0 bridgehead atoms. The number of aliphatic hydroxyl groups is 1. The second kappa shape index (κ2) is 8.26. The lowest BCUT2D eigenvalue weighted by molar-refractivity contribution is -0.176. The van der Waals surface area contributed by atoms with Crippen molar-refractivity contribution in [2.45, 2.75) is 64.9 Å². The molecule has 2 N–H and O–H groups in total. The van der Waals surface area contributed by atoms with Gasteiger partial charge in [-0.05, 0) is 49.2 Å². The highest BCUT2D eigenvalue weighted by molar-refractivity contribution is 6.02. The van der Waals surface area contributed by atoms with Crippen LogP contribution in [0.25, 0.3) is 0 Å². The van der Waals surface area contributed by atoms with Crippen LogP contribution in [0.1, 0.15) is 59.3 Å². The van der Waals surface area contributed by atoms with Gasteiger partial charge in [-0.1, -0.05) is 32.4 Å². The van der Waals surface area contributed by atoms with Crippen molar-refractivity contribution in [1.82, 2.24) is 0 Å². The Morgan fingerprint density at radius 3 is 2.56 bits per heavy atom. The zero-order valence-corrected chi connectivity index (χ0v) is 19.8. The van der Waals surface area contributed by atoms with E-state index in [0.717, 1.165) is 5.57 Å². The van der Waals surface area contributed by atoms with Crippen LogP contribution in [0.4, 0.5) is 0 Å². The Balaban J connectivity index is 1.58. The molecule has 4 rings (SSSR count). The van der Waals surface area contributed by atoms with Crippen LogP contribution in [0.5, 0.6) is 0 Å². The van der Waals surface area contributed by atoms with Gasteiger partial charge in [0.1, 0.15) is 11.4 Å². The summed E-state index contributed by atoms with van der Waals surface area (Å²) in [6, 6.07) is 0. The van der Waals surface area contributed by atoms with E-state index in [1.54, 1.807) is 19.9 Å². The van der Waals surface area contributed by atoms with Crippen molar-refractivity contribution in [3.8, 4) is 0 Å². The lowest BCUT2D eigenvalue weighted by Crippen LogP contribution is -2.62. The molecule has 0 aromatic rings.